The van der Waals surface area contributed by atoms with Gasteiger partial charge in [0.25, 0.3) is 5.91 Å². The second-order valence-electron chi connectivity index (χ2n) is 5.28. The van der Waals surface area contributed by atoms with E-state index in [0.29, 0.717) is 16.9 Å². The highest BCUT2D eigenvalue weighted by molar-refractivity contribution is 7.98. The van der Waals surface area contributed by atoms with Crippen molar-refractivity contribution in [1.82, 2.24) is 15.3 Å². The first-order valence-corrected chi connectivity index (χ1v) is 9.62. The van der Waals surface area contributed by atoms with Crippen LogP contribution in [-0.4, -0.2) is 27.5 Å². The number of carbonyl (C=O) groups excluding carboxylic acids is 1. The molecule has 0 unspecified atom stereocenters. The number of thioether (sulfide) groups is 1. The number of aliphatic hydroxyl groups excluding tert-OH is 1. The monoisotopic (exact) mass is 371 g/mol. The van der Waals surface area contributed by atoms with Crippen molar-refractivity contribution in [3.63, 3.8) is 0 Å². The van der Waals surface area contributed by atoms with Crippen LogP contribution >= 0.6 is 23.1 Å². The summed E-state index contributed by atoms with van der Waals surface area (Å²) in [6, 6.07) is 11.0. The van der Waals surface area contributed by atoms with Crippen molar-refractivity contribution in [3.05, 3.63) is 76.5 Å². The molecule has 1 aromatic carbocycles. The molecule has 1 amide bonds. The molecule has 0 saturated heterocycles. The van der Waals surface area contributed by atoms with Crippen LogP contribution in [0.15, 0.2) is 64.6 Å². The van der Waals surface area contributed by atoms with Crippen LogP contribution < -0.4 is 5.32 Å². The lowest BCUT2D eigenvalue weighted by Crippen LogP contribution is -2.28. The first-order valence-electron chi connectivity index (χ1n) is 7.69. The molecule has 7 heteroatoms. The molecule has 2 N–H and O–H groups in total. The maximum atomic E-state index is 12.5. The third kappa shape index (κ3) is 4.88. The highest BCUT2D eigenvalue weighted by atomic mass is 32.2. The average molecular weight is 371 g/mol. The predicted octanol–water partition coefficient (Wildman–Crippen LogP) is 3.29. The molecule has 0 aliphatic rings. The number of hydrogen-bond acceptors (Lipinski definition) is 6. The number of hydrogen-bond donors (Lipinski definition) is 2. The molecule has 3 rings (SSSR count). The highest BCUT2D eigenvalue weighted by Gasteiger charge is 2.14. The number of benzene rings is 1. The molecule has 0 saturated carbocycles. The Morgan fingerprint density at radius 1 is 1.28 bits per heavy atom. The molecule has 0 aliphatic carbocycles. The van der Waals surface area contributed by atoms with Crippen LogP contribution in [0.3, 0.4) is 0 Å². The Bertz CT molecular complexity index is 810. The van der Waals surface area contributed by atoms with E-state index in [4.69, 9.17) is 0 Å². The predicted molar refractivity (Wildman–Crippen MR) is 99.6 cm³/mol. The molecule has 3 aromatic rings. The van der Waals surface area contributed by atoms with Gasteiger partial charge in [-0.15, -0.1) is 23.1 Å². The van der Waals surface area contributed by atoms with Gasteiger partial charge in [-0.2, -0.15) is 0 Å². The Labute approximate surface area is 154 Å². The summed E-state index contributed by atoms with van der Waals surface area (Å²) in [6.45, 7) is 0.135. The third-order valence-electron chi connectivity index (χ3n) is 3.52. The Balaban J connectivity index is 1.61. The number of carbonyl (C=O) groups is 1. The summed E-state index contributed by atoms with van der Waals surface area (Å²) >= 11 is 3.13. The van der Waals surface area contributed by atoms with Gasteiger partial charge < -0.3 is 10.4 Å². The first-order chi connectivity index (χ1) is 12.2. The van der Waals surface area contributed by atoms with Crippen molar-refractivity contribution in [2.75, 3.05) is 6.54 Å². The van der Waals surface area contributed by atoms with Crippen LogP contribution in [0.5, 0.6) is 0 Å². The first kappa shape index (κ1) is 17.6. The maximum Gasteiger partial charge on any atom is 0.252 e. The van der Waals surface area contributed by atoms with Gasteiger partial charge in [0.2, 0.25) is 0 Å². The molecular weight excluding hydrogens is 354 g/mol. The molecule has 0 aliphatic heterocycles. The normalized spacial score (nSPS) is 11.9. The molecule has 0 fully saturated rings. The minimum atomic E-state index is -0.785. The number of thiazole rings is 1. The van der Waals surface area contributed by atoms with Crippen LogP contribution in [0.1, 0.15) is 27.7 Å². The van der Waals surface area contributed by atoms with Gasteiger partial charge in [0, 0.05) is 40.5 Å². The summed E-state index contributed by atoms with van der Waals surface area (Å²) in [4.78, 5) is 21.6. The Hall–Kier alpha value is -2.22. The lowest BCUT2D eigenvalue weighted by molar-refractivity contribution is 0.0913. The molecule has 2 heterocycles. The van der Waals surface area contributed by atoms with E-state index in [2.05, 4.69) is 15.3 Å². The summed E-state index contributed by atoms with van der Waals surface area (Å²) in [6.07, 6.45) is 2.45. The van der Waals surface area contributed by atoms with Gasteiger partial charge in [0.05, 0.1) is 22.9 Å². The lowest BCUT2D eigenvalue weighted by atomic mass is 10.1. The highest BCUT2D eigenvalue weighted by Crippen LogP contribution is 2.26. The number of amides is 1. The van der Waals surface area contributed by atoms with E-state index in [1.165, 1.54) is 0 Å². The van der Waals surface area contributed by atoms with E-state index in [1.54, 1.807) is 59.2 Å². The maximum absolute atomic E-state index is 12.5. The number of rotatable bonds is 7. The quantitative estimate of drug-likeness (QED) is 0.623. The van der Waals surface area contributed by atoms with E-state index in [-0.39, 0.29) is 12.5 Å². The summed E-state index contributed by atoms with van der Waals surface area (Å²) in [5, 5.41) is 14.9. The van der Waals surface area contributed by atoms with Crippen molar-refractivity contribution < 1.29 is 9.90 Å². The summed E-state index contributed by atoms with van der Waals surface area (Å²) < 4.78 is 0. The fourth-order valence-electron chi connectivity index (χ4n) is 2.22. The van der Waals surface area contributed by atoms with E-state index in [1.807, 2.05) is 23.6 Å². The number of aliphatic hydroxyl groups is 1. The Morgan fingerprint density at radius 3 is 2.92 bits per heavy atom. The minimum Gasteiger partial charge on any atom is -0.387 e. The second-order valence-corrected chi connectivity index (χ2v) is 7.01. The number of pyridine rings is 1. The van der Waals surface area contributed by atoms with E-state index < -0.39 is 6.10 Å². The van der Waals surface area contributed by atoms with E-state index >= 15 is 0 Å². The van der Waals surface area contributed by atoms with Gasteiger partial charge in [0.1, 0.15) is 0 Å². The second kappa shape index (κ2) is 8.75. The van der Waals surface area contributed by atoms with Crippen LogP contribution in [-0.2, 0) is 5.75 Å². The number of aromatic nitrogens is 2. The fourth-order valence-corrected chi connectivity index (χ4v) is 3.83. The SMILES string of the molecule is O=C(NC[C@@H](O)c1cccnc1)c1ccccc1SCc1cscn1. The zero-order chi connectivity index (χ0) is 17.5. The van der Waals surface area contributed by atoms with Crippen molar-refractivity contribution in [2.24, 2.45) is 0 Å². The summed E-state index contributed by atoms with van der Waals surface area (Å²) in [5.41, 5.74) is 4.07. The zero-order valence-electron chi connectivity index (χ0n) is 13.3. The number of nitrogens with zero attached hydrogens (tertiary/aromatic N) is 2. The largest absolute Gasteiger partial charge is 0.387 e. The average Bonchev–Trinajstić information content (AvgIpc) is 3.18. The van der Waals surface area contributed by atoms with Crippen molar-refractivity contribution in [2.45, 2.75) is 16.8 Å². The molecule has 25 heavy (non-hydrogen) atoms. The van der Waals surface area contributed by atoms with Crippen LogP contribution in [0, 0.1) is 0 Å². The summed E-state index contributed by atoms with van der Waals surface area (Å²) in [7, 11) is 0. The smallest absolute Gasteiger partial charge is 0.252 e. The standard InChI is InChI=1S/C18H17N3O2S2/c22-16(13-4-3-7-19-8-13)9-20-18(23)15-5-1-2-6-17(15)25-11-14-10-24-12-21-14/h1-8,10,12,16,22H,9,11H2,(H,20,23)/t16-/m1/s1. The van der Waals surface area contributed by atoms with Gasteiger partial charge in [0.15, 0.2) is 0 Å². The van der Waals surface area contributed by atoms with Crippen molar-refractivity contribution in [3.8, 4) is 0 Å². The number of nitrogens with one attached hydrogen (secondary N) is 1. The molecule has 0 bridgehead atoms. The molecule has 128 valence electrons. The van der Waals surface area contributed by atoms with Crippen LogP contribution in [0.2, 0.25) is 0 Å². The Morgan fingerprint density at radius 2 is 2.16 bits per heavy atom. The molecular formula is C18H17N3O2S2. The third-order valence-corrected chi connectivity index (χ3v) is 5.26. The minimum absolute atomic E-state index is 0.135. The molecule has 0 radical (unpaired) electrons. The van der Waals surface area contributed by atoms with Gasteiger partial charge in [-0.1, -0.05) is 18.2 Å². The van der Waals surface area contributed by atoms with Gasteiger partial charge in [-0.05, 0) is 18.2 Å². The molecule has 2 aromatic heterocycles. The van der Waals surface area contributed by atoms with Crippen LogP contribution in [0.25, 0.3) is 0 Å². The van der Waals surface area contributed by atoms with Gasteiger partial charge in [-0.3, -0.25) is 9.78 Å². The van der Waals surface area contributed by atoms with Crippen LogP contribution in [0.4, 0.5) is 0 Å². The van der Waals surface area contributed by atoms with E-state index in [9.17, 15) is 9.90 Å². The lowest BCUT2D eigenvalue weighted by Gasteiger charge is -2.13. The zero-order valence-corrected chi connectivity index (χ0v) is 15.0. The van der Waals surface area contributed by atoms with E-state index in [0.717, 1.165) is 10.6 Å². The topological polar surface area (TPSA) is 75.1 Å². The molecule has 1 atom stereocenters. The van der Waals surface area contributed by atoms with Gasteiger partial charge >= 0.3 is 0 Å². The molecule has 5 nitrogen and oxygen atoms in total. The fraction of sp³-hybridized carbons (Fsp3) is 0.167. The van der Waals surface area contributed by atoms with Crippen molar-refractivity contribution >= 4 is 29.0 Å². The van der Waals surface area contributed by atoms with Gasteiger partial charge in [-0.25, -0.2) is 4.98 Å². The van der Waals surface area contributed by atoms with Crippen molar-refractivity contribution in [1.29, 1.82) is 0 Å². The summed E-state index contributed by atoms with van der Waals surface area (Å²) in [5.74, 6) is 0.510. The molecule has 0 spiro atoms. The Kier molecular flexibility index (Phi) is 6.16.